The molecule has 4 aliphatic heterocycles. The molecule has 4 heterocycles. The largest absolute Gasteiger partial charge is 0.491 e. The summed E-state index contributed by atoms with van der Waals surface area (Å²) in [5, 5.41) is 0. The lowest BCUT2D eigenvalue weighted by molar-refractivity contribution is 0.262. The summed E-state index contributed by atoms with van der Waals surface area (Å²) in [6.45, 7) is 4.90. The van der Waals surface area contributed by atoms with E-state index < -0.39 is 5.41 Å². The fourth-order valence-corrected chi connectivity index (χ4v) is 8.12. The first-order valence-corrected chi connectivity index (χ1v) is 19.9. The fourth-order valence-electron chi connectivity index (χ4n) is 8.12. The Morgan fingerprint density at radius 2 is 0.789 bits per heavy atom. The van der Waals surface area contributed by atoms with Crippen LogP contribution in [0.15, 0.2) is 133 Å². The monoisotopic (exact) mass is 758 g/mol. The topological polar surface area (TPSA) is 87.0 Å². The second kappa shape index (κ2) is 14.4. The van der Waals surface area contributed by atoms with Crippen molar-refractivity contribution in [3.63, 3.8) is 0 Å². The number of benzene rings is 6. The zero-order valence-corrected chi connectivity index (χ0v) is 31.4. The average molecular weight is 759 g/mol. The van der Waals surface area contributed by atoms with Crippen LogP contribution in [0.2, 0.25) is 0 Å². The van der Waals surface area contributed by atoms with E-state index in [1.165, 1.54) is 0 Å². The number of fused-ring (bicyclic) bond motifs is 3. The summed E-state index contributed by atoms with van der Waals surface area (Å²) in [5.41, 5.74) is 10.0. The Kier molecular flexibility index (Phi) is 8.73. The van der Waals surface area contributed by atoms with E-state index in [0.29, 0.717) is 26.4 Å². The number of epoxide rings is 4. The van der Waals surface area contributed by atoms with Gasteiger partial charge in [0.1, 0.15) is 73.8 Å². The van der Waals surface area contributed by atoms with Crippen molar-refractivity contribution in [3.8, 4) is 56.4 Å². The van der Waals surface area contributed by atoms with Crippen molar-refractivity contribution in [2.75, 3.05) is 52.9 Å². The number of hydrogen-bond acceptors (Lipinski definition) is 8. The van der Waals surface area contributed by atoms with Gasteiger partial charge in [0.15, 0.2) is 0 Å². The number of ether oxygens (including phenoxy) is 8. The molecule has 5 aliphatic rings. The Hall–Kier alpha value is -5.64. The quantitative estimate of drug-likeness (QED) is 0.0908. The van der Waals surface area contributed by atoms with Crippen LogP contribution >= 0.6 is 0 Å². The van der Waals surface area contributed by atoms with Crippen LogP contribution < -0.4 is 18.9 Å². The van der Waals surface area contributed by atoms with Gasteiger partial charge in [-0.15, -0.1) is 0 Å². The zero-order chi connectivity index (χ0) is 37.8. The molecule has 0 N–H and O–H groups in total. The first kappa shape index (κ1) is 34.6. The summed E-state index contributed by atoms with van der Waals surface area (Å²) in [7, 11) is 0. The highest BCUT2D eigenvalue weighted by Crippen LogP contribution is 2.59. The summed E-state index contributed by atoms with van der Waals surface area (Å²) in [6.07, 6.45) is 0.491. The number of rotatable bonds is 16. The molecule has 0 aromatic heterocycles. The normalized spacial score (nSPS) is 23.2. The van der Waals surface area contributed by atoms with Crippen LogP contribution in [0, 0.1) is 0 Å². The van der Waals surface area contributed by atoms with E-state index in [1.807, 2.05) is 12.1 Å². The Morgan fingerprint density at radius 3 is 1.18 bits per heavy atom. The maximum absolute atomic E-state index is 6.50. The molecule has 11 rings (SSSR count). The molecule has 0 bridgehead atoms. The van der Waals surface area contributed by atoms with Gasteiger partial charge in [-0.25, -0.2) is 0 Å². The molecule has 6 aromatic rings. The summed E-state index contributed by atoms with van der Waals surface area (Å²) < 4.78 is 48.0. The lowest BCUT2D eigenvalue weighted by Gasteiger charge is -2.35. The van der Waals surface area contributed by atoms with Gasteiger partial charge in [0, 0.05) is 11.1 Å². The minimum atomic E-state index is -0.821. The lowest BCUT2D eigenvalue weighted by atomic mass is 9.66. The predicted molar refractivity (Wildman–Crippen MR) is 216 cm³/mol. The van der Waals surface area contributed by atoms with Crippen molar-refractivity contribution in [2.24, 2.45) is 0 Å². The van der Waals surface area contributed by atoms with Crippen molar-refractivity contribution < 1.29 is 37.9 Å². The highest BCUT2D eigenvalue weighted by atomic mass is 16.6. The van der Waals surface area contributed by atoms with Gasteiger partial charge in [0.2, 0.25) is 0 Å². The molecular weight excluding hydrogens is 717 g/mol. The maximum Gasteiger partial charge on any atom is 0.127 e. The first-order valence-electron chi connectivity index (χ1n) is 19.9. The highest BCUT2D eigenvalue weighted by Gasteiger charge is 2.48. The lowest BCUT2D eigenvalue weighted by Crippen LogP contribution is -2.29. The Balaban J connectivity index is 1.16. The highest BCUT2D eigenvalue weighted by molar-refractivity contribution is 5.89. The molecule has 286 valence electrons. The molecule has 0 amide bonds. The van der Waals surface area contributed by atoms with Gasteiger partial charge in [-0.1, -0.05) is 84.9 Å². The van der Waals surface area contributed by atoms with Crippen molar-refractivity contribution in [1.29, 1.82) is 0 Å². The standard InChI is InChI=1S/C49H42O8/c1-3-7-31(8-4-1)43-19-33(11-17-47(43)56-29-39-27-54-39)49(34-12-18-48(57-30-40-28-55-40)44(20-34)32-9-5-2-6-10-32)45-21-35(50-23-37-25-52-37)13-15-41(45)42-16-14-36(22-46(42)49)51-24-38-26-53-38/h1-22,37-40H,23-30H2. The molecule has 57 heavy (non-hydrogen) atoms. The zero-order valence-electron chi connectivity index (χ0n) is 31.4. The van der Waals surface area contributed by atoms with Gasteiger partial charge >= 0.3 is 0 Å². The van der Waals surface area contributed by atoms with E-state index in [-0.39, 0.29) is 24.4 Å². The first-order chi connectivity index (χ1) is 28.2. The Bertz CT molecular complexity index is 2240. The smallest absolute Gasteiger partial charge is 0.127 e. The maximum atomic E-state index is 6.50. The van der Waals surface area contributed by atoms with Crippen LogP contribution in [0.4, 0.5) is 0 Å². The van der Waals surface area contributed by atoms with E-state index >= 15 is 0 Å². The third kappa shape index (κ3) is 6.93. The van der Waals surface area contributed by atoms with Crippen molar-refractivity contribution >= 4 is 0 Å². The van der Waals surface area contributed by atoms with E-state index in [2.05, 4.69) is 121 Å². The average Bonchev–Trinajstić information content (AvgIpc) is 4.04. The molecule has 8 heteroatoms. The summed E-state index contributed by atoms with van der Waals surface area (Å²) >= 11 is 0. The molecule has 6 aromatic carbocycles. The van der Waals surface area contributed by atoms with Gasteiger partial charge in [0.25, 0.3) is 0 Å². The Morgan fingerprint density at radius 1 is 0.404 bits per heavy atom. The molecule has 4 fully saturated rings. The fraction of sp³-hybridized carbons (Fsp3) is 0.265. The van der Waals surface area contributed by atoms with Crippen molar-refractivity contribution in [2.45, 2.75) is 29.8 Å². The van der Waals surface area contributed by atoms with Crippen LogP contribution in [0.25, 0.3) is 33.4 Å². The van der Waals surface area contributed by atoms with Gasteiger partial charge in [-0.3, -0.25) is 0 Å². The molecule has 0 spiro atoms. The van der Waals surface area contributed by atoms with Gasteiger partial charge in [-0.2, -0.15) is 0 Å². The molecule has 4 unspecified atom stereocenters. The predicted octanol–water partition coefficient (Wildman–Crippen LogP) is 8.49. The van der Waals surface area contributed by atoms with Crippen LogP contribution in [0.5, 0.6) is 23.0 Å². The van der Waals surface area contributed by atoms with E-state index in [1.54, 1.807) is 0 Å². The number of hydrogen-bond donors (Lipinski definition) is 0. The molecule has 0 radical (unpaired) electrons. The van der Waals surface area contributed by atoms with E-state index in [9.17, 15) is 0 Å². The third-order valence-corrected chi connectivity index (χ3v) is 11.4. The minimum absolute atomic E-state index is 0.121. The Labute approximate surface area is 331 Å². The van der Waals surface area contributed by atoms with Crippen LogP contribution in [0.3, 0.4) is 0 Å². The minimum Gasteiger partial charge on any atom is -0.491 e. The third-order valence-electron chi connectivity index (χ3n) is 11.4. The van der Waals surface area contributed by atoms with Crippen molar-refractivity contribution in [3.05, 3.63) is 156 Å². The van der Waals surface area contributed by atoms with Gasteiger partial charge in [-0.05, 0) is 93.0 Å². The second-order valence-electron chi connectivity index (χ2n) is 15.4. The molecule has 4 atom stereocenters. The summed E-state index contributed by atoms with van der Waals surface area (Å²) in [6, 6.07) is 47.3. The molecule has 8 nitrogen and oxygen atoms in total. The second-order valence-corrected chi connectivity index (χ2v) is 15.4. The van der Waals surface area contributed by atoms with Gasteiger partial charge < -0.3 is 37.9 Å². The molecule has 4 saturated heterocycles. The van der Waals surface area contributed by atoms with Crippen LogP contribution in [-0.4, -0.2) is 77.3 Å². The van der Waals surface area contributed by atoms with Crippen LogP contribution in [-0.2, 0) is 24.4 Å². The molecule has 1 aliphatic carbocycles. The summed E-state index contributed by atoms with van der Waals surface area (Å²) in [5.74, 6) is 3.22. The van der Waals surface area contributed by atoms with Gasteiger partial charge in [0.05, 0.1) is 31.8 Å². The van der Waals surface area contributed by atoms with Crippen molar-refractivity contribution in [1.82, 2.24) is 0 Å². The van der Waals surface area contributed by atoms with Crippen LogP contribution in [0.1, 0.15) is 22.3 Å². The van der Waals surface area contributed by atoms with E-state index in [0.717, 1.165) is 105 Å². The SMILES string of the molecule is c1ccc(-c2cc(C3(c4ccc(OCC5CO5)c(-c5ccccc5)c4)c4cc(OCC5CO5)ccc4-c4ccc(OCC5CO5)cc43)ccc2OCC2CO2)cc1. The molecular formula is C49H42O8. The van der Waals surface area contributed by atoms with E-state index in [4.69, 9.17) is 37.9 Å². The molecule has 0 saturated carbocycles. The summed E-state index contributed by atoms with van der Waals surface area (Å²) in [4.78, 5) is 0.